The molecule has 19 heavy (non-hydrogen) atoms. The Labute approximate surface area is 111 Å². The summed E-state index contributed by atoms with van der Waals surface area (Å²) in [5.74, 6) is 0. The second-order valence-electron chi connectivity index (χ2n) is 3.69. The summed E-state index contributed by atoms with van der Waals surface area (Å²) < 4.78 is 24.2. The molecule has 0 spiro atoms. The van der Waals surface area contributed by atoms with Crippen molar-refractivity contribution in [2.75, 3.05) is 6.26 Å². The maximum Gasteiger partial charge on any atom is 0.345 e. The smallest absolute Gasteiger partial charge is 0.295 e. The van der Waals surface area contributed by atoms with Crippen LogP contribution in [0.2, 0.25) is 0 Å². The quantitative estimate of drug-likeness (QED) is 0.765. The number of fused-ring (bicyclic) bond motifs is 1. The summed E-state index contributed by atoms with van der Waals surface area (Å²) in [7, 11) is -2.48. The molecule has 0 aliphatic rings. The first-order chi connectivity index (χ1) is 8.84. The fourth-order valence-corrected chi connectivity index (χ4v) is 2.48. The molecule has 0 amide bonds. The van der Waals surface area contributed by atoms with Gasteiger partial charge in [0.15, 0.2) is 0 Å². The monoisotopic (exact) mass is 284 g/mol. The highest BCUT2D eigenvalue weighted by Crippen LogP contribution is 2.05. The molecular formula is C12H16N2O4S. The van der Waals surface area contributed by atoms with E-state index in [9.17, 15) is 18.0 Å². The van der Waals surface area contributed by atoms with Gasteiger partial charge in [0.2, 0.25) is 10.0 Å². The number of para-hydroxylation sites is 1. The van der Waals surface area contributed by atoms with E-state index in [4.69, 9.17) is 0 Å². The summed E-state index contributed by atoms with van der Waals surface area (Å²) in [4.78, 5) is 23.7. The minimum Gasteiger partial charge on any atom is -0.295 e. The maximum absolute atomic E-state index is 11.9. The van der Waals surface area contributed by atoms with Crippen LogP contribution >= 0.6 is 0 Å². The van der Waals surface area contributed by atoms with E-state index in [0.717, 1.165) is 10.8 Å². The molecule has 0 aliphatic heterocycles. The van der Waals surface area contributed by atoms with E-state index in [1.807, 2.05) is 13.8 Å². The van der Waals surface area contributed by atoms with E-state index in [0.29, 0.717) is 5.52 Å². The molecule has 0 N–H and O–H groups in total. The van der Waals surface area contributed by atoms with Crippen LogP contribution in [0.15, 0.2) is 33.9 Å². The van der Waals surface area contributed by atoms with E-state index in [1.165, 1.54) is 13.1 Å². The average Bonchev–Trinajstić information content (AvgIpc) is 2.37. The largest absolute Gasteiger partial charge is 0.345 e. The lowest BCUT2D eigenvalue weighted by molar-refractivity contribution is 0.586. The van der Waals surface area contributed by atoms with Crippen LogP contribution in [-0.4, -0.2) is 23.2 Å². The van der Waals surface area contributed by atoms with Gasteiger partial charge in [-0.05, 0) is 12.1 Å². The molecule has 1 heterocycles. The molecule has 0 atom stereocenters. The Hall–Kier alpha value is -1.89. The minimum atomic E-state index is -3.91. The molecule has 0 unspecified atom stereocenters. The number of hydrogen-bond donors (Lipinski definition) is 0. The zero-order valence-electron chi connectivity index (χ0n) is 11.2. The predicted octanol–water partition coefficient (Wildman–Crippen LogP) is 0.534. The van der Waals surface area contributed by atoms with Crippen LogP contribution in [0, 0.1) is 0 Å². The van der Waals surface area contributed by atoms with E-state index < -0.39 is 21.3 Å². The summed E-state index contributed by atoms with van der Waals surface area (Å²) in [6, 6.07) is 6.36. The zero-order chi connectivity index (χ0) is 14.8. The topological polar surface area (TPSA) is 78.1 Å². The van der Waals surface area contributed by atoms with Gasteiger partial charge in [-0.1, -0.05) is 26.0 Å². The highest BCUT2D eigenvalue weighted by Gasteiger charge is 2.17. The van der Waals surface area contributed by atoms with Crippen LogP contribution in [0.1, 0.15) is 13.8 Å². The Morgan fingerprint density at radius 1 is 1.05 bits per heavy atom. The Morgan fingerprint density at radius 3 is 2.11 bits per heavy atom. The van der Waals surface area contributed by atoms with Crippen LogP contribution in [0.25, 0.3) is 10.9 Å². The Kier molecular flexibility index (Phi) is 4.31. The molecule has 0 saturated heterocycles. The summed E-state index contributed by atoms with van der Waals surface area (Å²) in [5.41, 5.74) is -1.27. The Bertz CT molecular complexity index is 816. The van der Waals surface area contributed by atoms with Gasteiger partial charge in [0.1, 0.15) is 0 Å². The fourth-order valence-electron chi connectivity index (χ4n) is 1.67. The Morgan fingerprint density at radius 2 is 1.58 bits per heavy atom. The van der Waals surface area contributed by atoms with Crippen LogP contribution in [0.5, 0.6) is 0 Å². The maximum atomic E-state index is 11.9. The first-order valence-corrected chi connectivity index (χ1v) is 7.60. The van der Waals surface area contributed by atoms with Crippen molar-refractivity contribution < 1.29 is 8.42 Å². The van der Waals surface area contributed by atoms with Gasteiger partial charge in [-0.3, -0.25) is 9.36 Å². The SMILES string of the molecule is CC.Cn1c(=O)n(S(C)(=O)=O)c(=O)c2ccccc21. The molecule has 0 fully saturated rings. The second-order valence-corrected chi connectivity index (χ2v) is 5.52. The van der Waals surface area contributed by atoms with Crippen molar-refractivity contribution in [1.82, 2.24) is 8.54 Å². The summed E-state index contributed by atoms with van der Waals surface area (Å²) in [5, 5.41) is 0.194. The molecule has 104 valence electrons. The highest BCUT2D eigenvalue weighted by atomic mass is 32.2. The highest BCUT2D eigenvalue weighted by molar-refractivity contribution is 7.89. The molecule has 0 bridgehead atoms. The van der Waals surface area contributed by atoms with Crippen molar-refractivity contribution >= 4 is 20.9 Å². The van der Waals surface area contributed by atoms with Crippen LogP contribution in [0.4, 0.5) is 0 Å². The predicted molar refractivity (Wildman–Crippen MR) is 75.0 cm³/mol. The number of nitrogens with zero attached hydrogens (tertiary/aromatic N) is 2. The zero-order valence-corrected chi connectivity index (χ0v) is 12.1. The van der Waals surface area contributed by atoms with Crippen LogP contribution in [-0.2, 0) is 17.1 Å². The summed E-state index contributed by atoms with van der Waals surface area (Å²) in [6.07, 6.45) is 0.824. The average molecular weight is 284 g/mol. The van der Waals surface area contributed by atoms with E-state index in [2.05, 4.69) is 0 Å². The van der Waals surface area contributed by atoms with Gasteiger partial charge in [-0.25, -0.2) is 13.2 Å². The van der Waals surface area contributed by atoms with E-state index in [-0.39, 0.29) is 9.36 Å². The molecular weight excluding hydrogens is 268 g/mol. The number of aryl methyl sites for hydroxylation is 1. The van der Waals surface area contributed by atoms with Gasteiger partial charge in [0.05, 0.1) is 17.2 Å². The lowest BCUT2D eigenvalue weighted by atomic mass is 10.2. The second kappa shape index (κ2) is 5.40. The number of benzene rings is 1. The molecule has 6 nitrogen and oxygen atoms in total. The van der Waals surface area contributed by atoms with Crippen molar-refractivity contribution in [1.29, 1.82) is 0 Å². The lowest BCUT2D eigenvalue weighted by Gasteiger charge is -2.08. The molecule has 1 aromatic carbocycles. The van der Waals surface area contributed by atoms with Gasteiger partial charge in [-0.15, -0.1) is 0 Å². The Balaban J connectivity index is 0.000000861. The van der Waals surface area contributed by atoms with Crippen LogP contribution in [0.3, 0.4) is 0 Å². The van der Waals surface area contributed by atoms with Crippen molar-refractivity contribution in [2.24, 2.45) is 7.05 Å². The number of rotatable bonds is 1. The first kappa shape index (κ1) is 15.2. The third-order valence-electron chi connectivity index (χ3n) is 2.47. The molecule has 1 aromatic heterocycles. The fraction of sp³-hybridized carbons (Fsp3) is 0.333. The van der Waals surface area contributed by atoms with E-state index in [1.54, 1.807) is 18.2 Å². The minimum absolute atomic E-state index is 0.194. The lowest BCUT2D eigenvalue weighted by Crippen LogP contribution is -2.42. The van der Waals surface area contributed by atoms with Gasteiger partial charge in [-0.2, -0.15) is 3.97 Å². The van der Waals surface area contributed by atoms with Gasteiger partial charge >= 0.3 is 5.69 Å². The van der Waals surface area contributed by atoms with Crippen LogP contribution < -0.4 is 11.2 Å². The van der Waals surface area contributed by atoms with Crippen molar-refractivity contribution in [3.05, 3.63) is 45.1 Å². The standard InChI is InChI=1S/C10H10N2O4S.C2H6/c1-11-8-6-4-3-5-7(8)9(13)12(10(11)14)17(2,15)16;1-2/h3-6H,1-2H3;1-2H3. The number of hydrogen-bond acceptors (Lipinski definition) is 4. The van der Waals surface area contributed by atoms with Crippen molar-refractivity contribution in [3.8, 4) is 0 Å². The summed E-state index contributed by atoms with van der Waals surface area (Å²) >= 11 is 0. The molecule has 2 aromatic rings. The van der Waals surface area contributed by atoms with Crippen molar-refractivity contribution in [3.63, 3.8) is 0 Å². The van der Waals surface area contributed by atoms with Crippen molar-refractivity contribution in [2.45, 2.75) is 13.8 Å². The van der Waals surface area contributed by atoms with Gasteiger partial charge in [0.25, 0.3) is 5.56 Å². The summed E-state index contributed by atoms with van der Waals surface area (Å²) in [6.45, 7) is 4.00. The van der Waals surface area contributed by atoms with E-state index >= 15 is 0 Å². The molecule has 0 saturated carbocycles. The van der Waals surface area contributed by atoms with Gasteiger partial charge < -0.3 is 0 Å². The molecule has 0 radical (unpaired) electrons. The third-order valence-corrected chi connectivity index (χ3v) is 3.46. The third kappa shape index (κ3) is 2.60. The molecule has 7 heteroatoms. The molecule has 0 aliphatic carbocycles. The van der Waals surface area contributed by atoms with Gasteiger partial charge in [0, 0.05) is 7.05 Å². The number of aromatic nitrogens is 2. The first-order valence-electron chi connectivity index (χ1n) is 5.75. The normalized spacial score (nSPS) is 10.9. The molecule has 2 rings (SSSR count).